The first kappa shape index (κ1) is 14.6. The maximum Gasteiger partial charge on any atom is 0.265 e. The van der Waals surface area contributed by atoms with E-state index in [1.807, 2.05) is 0 Å². The van der Waals surface area contributed by atoms with Crippen molar-refractivity contribution < 1.29 is 12.8 Å². The molecule has 20 heavy (non-hydrogen) atoms. The zero-order chi connectivity index (χ0) is 14.9. The van der Waals surface area contributed by atoms with Crippen molar-refractivity contribution in [1.29, 1.82) is 0 Å². The molecule has 2 aromatic rings. The number of benzene rings is 2. The monoisotopic (exact) mass is 314 g/mol. The maximum absolute atomic E-state index is 13.2. The number of nitrogens with two attached hydrogens (primary N) is 1. The fraction of sp³-hybridized carbons (Fsp3) is 0.0769. The standard InChI is InChI=1S/C13H12ClFN2O2S/c1-17(11-4-2-3-10(16)8-11)20(18,19)13-7-9(15)5-6-12(13)14/h2-8H,16H2,1H3. The van der Waals surface area contributed by atoms with Gasteiger partial charge in [-0.15, -0.1) is 0 Å². The van der Waals surface area contributed by atoms with Gasteiger partial charge >= 0.3 is 0 Å². The summed E-state index contributed by atoms with van der Waals surface area (Å²) >= 11 is 5.85. The number of nitrogen functional groups attached to an aromatic ring is 1. The zero-order valence-electron chi connectivity index (χ0n) is 10.5. The Balaban J connectivity index is 2.52. The Kier molecular flexibility index (Phi) is 3.87. The highest BCUT2D eigenvalue weighted by Crippen LogP contribution is 2.28. The molecule has 0 atom stereocenters. The van der Waals surface area contributed by atoms with Crippen molar-refractivity contribution in [2.45, 2.75) is 4.90 Å². The number of hydrogen-bond acceptors (Lipinski definition) is 3. The Labute approximate surface area is 121 Å². The molecule has 2 rings (SSSR count). The predicted octanol–water partition coefficient (Wildman–Crippen LogP) is 2.89. The minimum Gasteiger partial charge on any atom is -0.399 e. The van der Waals surface area contributed by atoms with E-state index in [0.29, 0.717) is 11.4 Å². The summed E-state index contributed by atoms with van der Waals surface area (Å²) in [4.78, 5) is -0.288. The van der Waals surface area contributed by atoms with Gasteiger partial charge in [0.1, 0.15) is 10.7 Å². The molecule has 0 aliphatic rings. The predicted molar refractivity (Wildman–Crippen MR) is 77.9 cm³/mol. The van der Waals surface area contributed by atoms with E-state index in [4.69, 9.17) is 17.3 Å². The normalized spacial score (nSPS) is 11.3. The van der Waals surface area contributed by atoms with Gasteiger partial charge in [-0.1, -0.05) is 17.7 Å². The summed E-state index contributed by atoms with van der Waals surface area (Å²) in [6.45, 7) is 0. The second kappa shape index (κ2) is 5.30. The largest absolute Gasteiger partial charge is 0.399 e. The molecule has 0 saturated carbocycles. The second-order valence-electron chi connectivity index (χ2n) is 4.14. The van der Waals surface area contributed by atoms with Gasteiger partial charge in [-0.25, -0.2) is 12.8 Å². The van der Waals surface area contributed by atoms with Crippen LogP contribution < -0.4 is 10.0 Å². The van der Waals surface area contributed by atoms with Crippen LogP contribution in [0, 0.1) is 5.82 Å². The van der Waals surface area contributed by atoms with Crippen LogP contribution in [0.5, 0.6) is 0 Å². The van der Waals surface area contributed by atoms with E-state index >= 15 is 0 Å². The van der Waals surface area contributed by atoms with Gasteiger partial charge in [-0.2, -0.15) is 0 Å². The molecule has 106 valence electrons. The average Bonchev–Trinajstić information content (AvgIpc) is 2.40. The molecule has 2 N–H and O–H groups in total. The summed E-state index contributed by atoms with van der Waals surface area (Å²) in [6.07, 6.45) is 0. The highest BCUT2D eigenvalue weighted by Gasteiger charge is 2.24. The van der Waals surface area contributed by atoms with Gasteiger partial charge in [0.05, 0.1) is 10.7 Å². The van der Waals surface area contributed by atoms with E-state index in [1.54, 1.807) is 18.2 Å². The van der Waals surface area contributed by atoms with Crippen molar-refractivity contribution >= 4 is 33.0 Å². The number of halogens is 2. The van der Waals surface area contributed by atoms with Gasteiger partial charge in [0.2, 0.25) is 0 Å². The van der Waals surface area contributed by atoms with E-state index in [-0.39, 0.29) is 9.92 Å². The molecule has 2 aromatic carbocycles. The summed E-state index contributed by atoms with van der Waals surface area (Å²) in [6, 6.07) is 9.55. The van der Waals surface area contributed by atoms with Crippen LogP contribution in [0.3, 0.4) is 0 Å². The molecular weight excluding hydrogens is 303 g/mol. The minimum absolute atomic E-state index is 0.0397. The van der Waals surface area contributed by atoms with Crippen LogP contribution in [-0.4, -0.2) is 15.5 Å². The lowest BCUT2D eigenvalue weighted by Crippen LogP contribution is -2.27. The van der Waals surface area contributed by atoms with Gasteiger partial charge in [0.15, 0.2) is 0 Å². The summed E-state index contributed by atoms with van der Waals surface area (Å²) in [5.41, 5.74) is 6.42. The third-order valence-corrected chi connectivity index (χ3v) is 5.03. The number of sulfonamides is 1. The van der Waals surface area contributed by atoms with E-state index < -0.39 is 15.8 Å². The molecule has 0 bridgehead atoms. The van der Waals surface area contributed by atoms with Gasteiger partial charge in [0.25, 0.3) is 10.0 Å². The van der Waals surface area contributed by atoms with Crippen LogP contribution >= 0.6 is 11.6 Å². The zero-order valence-corrected chi connectivity index (χ0v) is 12.1. The Morgan fingerprint density at radius 3 is 2.55 bits per heavy atom. The quantitative estimate of drug-likeness (QED) is 0.886. The molecule has 0 unspecified atom stereocenters. The lowest BCUT2D eigenvalue weighted by atomic mass is 10.3. The number of hydrogen-bond donors (Lipinski definition) is 1. The Hall–Kier alpha value is -1.79. The maximum atomic E-state index is 13.2. The lowest BCUT2D eigenvalue weighted by Gasteiger charge is -2.20. The second-order valence-corrected chi connectivity index (χ2v) is 6.49. The number of nitrogens with zero attached hydrogens (tertiary/aromatic N) is 1. The lowest BCUT2D eigenvalue weighted by molar-refractivity contribution is 0.589. The molecule has 0 spiro atoms. The minimum atomic E-state index is -3.96. The fourth-order valence-corrected chi connectivity index (χ4v) is 3.35. The molecule has 0 aliphatic carbocycles. The summed E-state index contributed by atoms with van der Waals surface area (Å²) in [5.74, 6) is -0.672. The van der Waals surface area contributed by atoms with E-state index in [0.717, 1.165) is 16.4 Å². The van der Waals surface area contributed by atoms with Crippen molar-refractivity contribution in [3.63, 3.8) is 0 Å². The van der Waals surface area contributed by atoms with Crippen LogP contribution in [-0.2, 0) is 10.0 Å². The highest BCUT2D eigenvalue weighted by molar-refractivity contribution is 7.93. The SMILES string of the molecule is CN(c1cccc(N)c1)S(=O)(=O)c1cc(F)ccc1Cl. The van der Waals surface area contributed by atoms with E-state index in [2.05, 4.69) is 0 Å². The summed E-state index contributed by atoms with van der Waals surface area (Å²) in [7, 11) is -2.60. The van der Waals surface area contributed by atoms with Gasteiger partial charge in [0, 0.05) is 12.7 Å². The van der Waals surface area contributed by atoms with Gasteiger partial charge in [-0.3, -0.25) is 4.31 Å². The van der Waals surface area contributed by atoms with Crippen molar-refractivity contribution in [1.82, 2.24) is 0 Å². The Morgan fingerprint density at radius 2 is 1.90 bits per heavy atom. The third kappa shape index (κ3) is 2.71. The molecule has 0 aromatic heterocycles. The first-order chi connectivity index (χ1) is 9.32. The first-order valence-corrected chi connectivity index (χ1v) is 7.43. The molecule has 0 amide bonds. The number of anilines is 2. The molecule has 4 nitrogen and oxygen atoms in total. The Bertz CT molecular complexity index is 750. The van der Waals surface area contributed by atoms with Crippen molar-refractivity contribution in [3.05, 3.63) is 53.3 Å². The fourth-order valence-electron chi connectivity index (χ4n) is 1.68. The molecule has 7 heteroatoms. The van der Waals surface area contributed by atoms with Crippen molar-refractivity contribution in [2.24, 2.45) is 0 Å². The molecule has 0 saturated heterocycles. The topological polar surface area (TPSA) is 63.4 Å². The highest BCUT2D eigenvalue weighted by atomic mass is 35.5. The molecule has 0 radical (unpaired) electrons. The molecule has 0 heterocycles. The molecular formula is C13H12ClFN2O2S. The Morgan fingerprint density at radius 1 is 1.20 bits per heavy atom. The molecule has 0 fully saturated rings. The van der Waals surface area contributed by atoms with Crippen LogP contribution in [0.2, 0.25) is 5.02 Å². The van der Waals surface area contributed by atoms with E-state index in [1.165, 1.54) is 19.2 Å². The smallest absolute Gasteiger partial charge is 0.265 e. The van der Waals surface area contributed by atoms with Crippen molar-refractivity contribution in [3.8, 4) is 0 Å². The van der Waals surface area contributed by atoms with Gasteiger partial charge < -0.3 is 5.73 Å². The van der Waals surface area contributed by atoms with Crippen LogP contribution in [0.4, 0.5) is 15.8 Å². The van der Waals surface area contributed by atoms with Crippen LogP contribution in [0.15, 0.2) is 47.4 Å². The summed E-state index contributed by atoms with van der Waals surface area (Å²) in [5, 5.41) is -0.0397. The van der Waals surface area contributed by atoms with Crippen LogP contribution in [0.25, 0.3) is 0 Å². The first-order valence-electron chi connectivity index (χ1n) is 5.62. The average molecular weight is 315 g/mol. The summed E-state index contributed by atoms with van der Waals surface area (Å²) < 4.78 is 39.2. The van der Waals surface area contributed by atoms with E-state index in [9.17, 15) is 12.8 Å². The third-order valence-electron chi connectivity index (χ3n) is 2.77. The molecule has 0 aliphatic heterocycles. The van der Waals surface area contributed by atoms with Crippen LogP contribution in [0.1, 0.15) is 0 Å². The van der Waals surface area contributed by atoms with Crippen molar-refractivity contribution in [2.75, 3.05) is 17.1 Å². The number of rotatable bonds is 3. The van der Waals surface area contributed by atoms with Gasteiger partial charge in [-0.05, 0) is 36.4 Å².